The molecule has 0 heterocycles. The second kappa shape index (κ2) is 16.6. The van der Waals surface area contributed by atoms with Crippen molar-refractivity contribution < 1.29 is 0 Å². The number of hydrogen-bond donors (Lipinski definition) is 0. The smallest absolute Gasteiger partial charge is 0.0654 e. The van der Waals surface area contributed by atoms with E-state index in [0.29, 0.717) is 0 Å². The van der Waals surface area contributed by atoms with E-state index < -0.39 is 0 Å². The molecule has 0 saturated heterocycles. The molecule has 0 fully saturated rings. The Hall–Kier alpha value is -1.99. The minimum Gasteiger partial charge on any atom is -0.0654 e. The maximum atomic E-state index is 2.38. The Balaban J connectivity index is 1.62. The summed E-state index contributed by atoms with van der Waals surface area (Å²) in [5.74, 6) is 0. The van der Waals surface area contributed by atoms with Gasteiger partial charge in [-0.1, -0.05) is 121 Å². The molecule has 0 N–H and O–H groups in total. The van der Waals surface area contributed by atoms with Crippen molar-refractivity contribution in [1.29, 1.82) is 0 Å². The van der Waals surface area contributed by atoms with Crippen LogP contribution in [0.4, 0.5) is 0 Å². The van der Waals surface area contributed by atoms with Crippen LogP contribution in [0.3, 0.4) is 0 Å². The standard InChI is InChI=1S/C34H47S/c1-3-5-7-9-11-14-18-30-22-26-33(27-23-30)35(32-20-16-13-17-21-32)34-28-24-31(25-29-34)19-15-12-10-8-6-4-2/h13,16-17,20-29H,3-12,14-15,18-19H2,1-2H3/q+1. The number of hydrogen-bond acceptors (Lipinski definition) is 0. The molecule has 1 heteroatoms. The average molecular weight is 488 g/mol. The Kier molecular flexibility index (Phi) is 13.1. The van der Waals surface area contributed by atoms with Crippen molar-refractivity contribution in [3.8, 4) is 0 Å². The predicted octanol–water partition coefficient (Wildman–Crippen LogP) is 10.6. The fraction of sp³-hybridized carbons (Fsp3) is 0.471. The van der Waals surface area contributed by atoms with Crippen LogP contribution in [0.25, 0.3) is 0 Å². The lowest BCUT2D eigenvalue weighted by molar-refractivity contribution is 0.607. The van der Waals surface area contributed by atoms with E-state index in [1.807, 2.05) is 0 Å². The van der Waals surface area contributed by atoms with Crippen molar-refractivity contribution in [3.63, 3.8) is 0 Å². The Labute approximate surface area is 218 Å². The number of rotatable bonds is 17. The van der Waals surface area contributed by atoms with Crippen LogP contribution in [-0.4, -0.2) is 0 Å². The van der Waals surface area contributed by atoms with Gasteiger partial charge in [0.2, 0.25) is 0 Å². The first kappa shape index (κ1) is 27.6. The van der Waals surface area contributed by atoms with Gasteiger partial charge < -0.3 is 0 Å². The van der Waals surface area contributed by atoms with E-state index in [1.165, 1.54) is 116 Å². The highest BCUT2D eigenvalue weighted by Crippen LogP contribution is 2.31. The maximum absolute atomic E-state index is 2.38. The fourth-order valence-corrected chi connectivity index (χ4v) is 6.83. The van der Waals surface area contributed by atoms with E-state index in [0.717, 1.165) is 0 Å². The van der Waals surface area contributed by atoms with Crippen LogP contribution < -0.4 is 0 Å². The van der Waals surface area contributed by atoms with Gasteiger partial charge in [-0.2, -0.15) is 0 Å². The van der Waals surface area contributed by atoms with Crippen LogP contribution >= 0.6 is 0 Å². The first-order chi connectivity index (χ1) is 17.3. The molecule has 3 rings (SSSR count). The van der Waals surface area contributed by atoms with E-state index in [4.69, 9.17) is 0 Å². The Morgan fingerprint density at radius 3 is 1.20 bits per heavy atom. The van der Waals surface area contributed by atoms with Gasteiger partial charge in [0.25, 0.3) is 0 Å². The molecular formula is C34H47S+. The van der Waals surface area contributed by atoms with Crippen molar-refractivity contribution in [1.82, 2.24) is 0 Å². The van der Waals surface area contributed by atoms with Crippen LogP contribution in [0.15, 0.2) is 93.5 Å². The van der Waals surface area contributed by atoms with Gasteiger partial charge in [-0.3, -0.25) is 0 Å². The minimum absolute atomic E-state index is 0.0535. The van der Waals surface area contributed by atoms with Crippen molar-refractivity contribution in [2.45, 2.75) is 118 Å². The van der Waals surface area contributed by atoms with Crippen LogP contribution in [0.2, 0.25) is 0 Å². The lowest BCUT2D eigenvalue weighted by atomic mass is 10.1. The third kappa shape index (κ3) is 9.88. The SMILES string of the molecule is CCCCCCCCc1ccc([S+](c2ccccc2)c2ccc(CCCCCCCC)cc2)cc1. The molecule has 3 aromatic carbocycles. The van der Waals surface area contributed by atoms with Crippen molar-refractivity contribution >= 4 is 10.9 Å². The molecule has 0 nitrogen and oxygen atoms in total. The van der Waals surface area contributed by atoms with Gasteiger partial charge in [-0.05, 0) is 73.2 Å². The predicted molar refractivity (Wildman–Crippen MR) is 156 cm³/mol. The molecule has 0 aliphatic rings. The molecule has 0 aromatic heterocycles. The number of benzene rings is 3. The third-order valence-corrected chi connectivity index (χ3v) is 9.17. The molecule has 0 amide bonds. The highest BCUT2D eigenvalue weighted by atomic mass is 32.2. The maximum Gasteiger partial charge on any atom is 0.166 e. The lowest BCUT2D eigenvalue weighted by Gasteiger charge is -2.10. The summed E-state index contributed by atoms with van der Waals surface area (Å²) in [5, 5.41) is 0. The first-order valence-electron chi connectivity index (χ1n) is 14.3. The molecule has 0 aliphatic carbocycles. The molecule has 3 aromatic rings. The summed E-state index contributed by atoms with van der Waals surface area (Å²) < 4.78 is 0. The molecule has 0 saturated carbocycles. The van der Waals surface area contributed by atoms with Gasteiger partial charge in [0.05, 0.1) is 10.9 Å². The molecule has 188 valence electrons. The van der Waals surface area contributed by atoms with E-state index in [1.54, 1.807) is 0 Å². The molecule has 0 bridgehead atoms. The second-order valence-corrected chi connectivity index (χ2v) is 12.0. The normalized spacial score (nSPS) is 11.3. The van der Waals surface area contributed by atoms with Gasteiger partial charge in [0.1, 0.15) is 0 Å². The third-order valence-electron chi connectivity index (χ3n) is 6.94. The molecule has 0 spiro atoms. The van der Waals surface area contributed by atoms with Crippen molar-refractivity contribution in [2.24, 2.45) is 0 Å². The molecule has 0 aliphatic heterocycles. The minimum atomic E-state index is -0.0535. The highest BCUT2D eigenvalue weighted by molar-refractivity contribution is 7.97. The second-order valence-electron chi connectivity index (χ2n) is 9.94. The number of aryl methyl sites for hydroxylation is 2. The zero-order valence-corrected chi connectivity index (χ0v) is 23.1. The van der Waals surface area contributed by atoms with Gasteiger partial charge in [-0.25, -0.2) is 0 Å². The van der Waals surface area contributed by atoms with Crippen LogP contribution in [0.1, 0.15) is 102 Å². The quantitative estimate of drug-likeness (QED) is 0.131. The zero-order valence-electron chi connectivity index (χ0n) is 22.3. The topological polar surface area (TPSA) is 0 Å². The monoisotopic (exact) mass is 487 g/mol. The summed E-state index contributed by atoms with van der Waals surface area (Å²) in [7, 11) is -0.0535. The summed E-state index contributed by atoms with van der Waals surface area (Å²) in [6.45, 7) is 4.57. The Bertz CT molecular complexity index is 852. The van der Waals surface area contributed by atoms with Crippen LogP contribution in [0, 0.1) is 0 Å². The molecule has 0 radical (unpaired) electrons. The fourth-order valence-electron chi connectivity index (χ4n) is 4.77. The van der Waals surface area contributed by atoms with E-state index in [2.05, 4.69) is 92.7 Å². The van der Waals surface area contributed by atoms with Gasteiger partial charge in [0.15, 0.2) is 14.7 Å². The van der Waals surface area contributed by atoms with E-state index >= 15 is 0 Å². The van der Waals surface area contributed by atoms with Gasteiger partial charge in [-0.15, -0.1) is 0 Å². The summed E-state index contributed by atoms with van der Waals surface area (Å²) in [6, 6.07) is 30.1. The summed E-state index contributed by atoms with van der Waals surface area (Å²) in [5.41, 5.74) is 2.96. The van der Waals surface area contributed by atoms with Crippen molar-refractivity contribution in [3.05, 3.63) is 90.0 Å². The molecular weight excluding hydrogens is 440 g/mol. The summed E-state index contributed by atoms with van der Waals surface area (Å²) in [4.78, 5) is 4.25. The van der Waals surface area contributed by atoms with Crippen LogP contribution in [-0.2, 0) is 23.7 Å². The Morgan fingerprint density at radius 2 is 0.771 bits per heavy atom. The van der Waals surface area contributed by atoms with Crippen LogP contribution in [0.5, 0.6) is 0 Å². The zero-order chi connectivity index (χ0) is 24.6. The van der Waals surface area contributed by atoms with Crippen molar-refractivity contribution in [2.75, 3.05) is 0 Å². The number of unbranched alkanes of at least 4 members (excludes halogenated alkanes) is 10. The Morgan fingerprint density at radius 1 is 0.400 bits per heavy atom. The summed E-state index contributed by atoms with van der Waals surface area (Å²) >= 11 is 0. The lowest BCUT2D eigenvalue weighted by Crippen LogP contribution is -2.05. The van der Waals surface area contributed by atoms with E-state index in [9.17, 15) is 0 Å². The molecule has 0 unspecified atom stereocenters. The van der Waals surface area contributed by atoms with Gasteiger partial charge >= 0.3 is 0 Å². The summed E-state index contributed by atoms with van der Waals surface area (Å²) in [6.07, 6.45) is 18.8. The highest BCUT2D eigenvalue weighted by Gasteiger charge is 2.28. The molecule has 0 atom stereocenters. The average Bonchev–Trinajstić information content (AvgIpc) is 2.90. The molecule has 35 heavy (non-hydrogen) atoms. The van der Waals surface area contributed by atoms with Gasteiger partial charge in [0, 0.05) is 0 Å². The van der Waals surface area contributed by atoms with E-state index in [-0.39, 0.29) is 10.9 Å². The largest absolute Gasteiger partial charge is 0.166 e. The first-order valence-corrected chi connectivity index (χ1v) is 15.5.